The summed E-state index contributed by atoms with van der Waals surface area (Å²) in [6.45, 7) is 2.09. The van der Waals surface area contributed by atoms with Crippen LogP contribution in [0.3, 0.4) is 0 Å². The van der Waals surface area contributed by atoms with E-state index in [1.165, 1.54) is 0 Å². The number of hydrogen-bond donors (Lipinski definition) is 2. The zero-order chi connectivity index (χ0) is 11.5. The van der Waals surface area contributed by atoms with Crippen molar-refractivity contribution >= 4 is 29.2 Å². The van der Waals surface area contributed by atoms with Crippen LogP contribution in [-0.4, -0.2) is 21.1 Å². The Hall–Kier alpha value is -0.870. The minimum Gasteiger partial charge on any atom is -0.495 e. The molecule has 2 heterocycles. The highest BCUT2D eigenvalue weighted by Gasteiger charge is 2.21. The highest BCUT2D eigenvalue weighted by atomic mass is 35.5. The van der Waals surface area contributed by atoms with E-state index in [1.54, 1.807) is 18.2 Å². The molecule has 1 aliphatic heterocycles. The summed E-state index contributed by atoms with van der Waals surface area (Å²) in [5.41, 5.74) is 1.05. The van der Waals surface area contributed by atoms with Crippen LogP contribution in [0.25, 0.3) is 0 Å². The third-order valence-electron chi connectivity index (χ3n) is 2.50. The highest BCUT2D eigenvalue weighted by Crippen LogP contribution is 2.32. The van der Waals surface area contributed by atoms with E-state index in [2.05, 4.69) is 17.2 Å². The summed E-state index contributed by atoms with van der Waals surface area (Å²) in [4.78, 5) is 4.06. The smallest absolute Gasteiger partial charge is 0.190 e. The minimum atomic E-state index is 0.215. The Kier molecular flexibility index (Phi) is 3.61. The summed E-state index contributed by atoms with van der Waals surface area (Å²) in [5, 5.41) is 13.6. The molecular formula is C11H13ClN2OS. The molecule has 0 aromatic carbocycles. The zero-order valence-corrected chi connectivity index (χ0v) is 10.5. The van der Waals surface area contributed by atoms with Gasteiger partial charge < -0.3 is 10.4 Å². The van der Waals surface area contributed by atoms with Crippen LogP contribution in [0.2, 0.25) is 5.15 Å². The Bertz CT molecular complexity index is 422. The van der Waals surface area contributed by atoms with Crippen LogP contribution in [0.1, 0.15) is 13.3 Å². The predicted octanol–water partition coefficient (Wildman–Crippen LogP) is 3.44. The van der Waals surface area contributed by atoms with Crippen molar-refractivity contribution in [3.05, 3.63) is 34.8 Å². The molecule has 0 radical (unpaired) electrons. The average Bonchev–Trinajstić information content (AvgIpc) is 2.64. The van der Waals surface area contributed by atoms with Crippen molar-refractivity contribution in [1.82, 2.24) is 4.98 Å². The lowest BCUT2D eigenvalue weighted by Crippen LogP contribution is -2.07. The standard InChI is InChI=1S/C11H13ClN2OS/c1-7-8(5-6-16-7)11(15)14-10-4-2-3-9(12)13-10/h2-4,7,15H,5-6H2,1H3,(H,13,14)/b11-8+. The Morgan fingerprint density at radius 2 is 2.44 bits per heavy atom. The fourth-order valence-corrected chi connectivity index (χ4v) is 2.93. The van der Waals surface area contributed by atoms with Crippen LogP contribution in [0.5, 0.6) is 0 Å². The fourth-order valence-electron chi connectivity index (χ4n) is 1.64. The summed E-state index contributed by atoms with van der Waals surface area (Å²) < 4.78 is 0. The second-order valence-corrected chi connectivity index (χ2v) is 5.44. The second kappa shape index (κ2) is 4.97. The summed E-state index contributed by atoms with van der Waals surface area (Å²) in [5.74, 6) is 1.85. The van der Waals surface area contributed by atoms with E-state index in [0.717, 1.165) is 17.7 Å². The van der Waals surface area contributed by atoms with Crippen molar-refractivity contribution in [3.8, 4) is 0 Å². The van der Waals surface area contributed by atoms with Gasteiger partial charge in [-0.1, -0.05) is 17.7 Å². The van der Waals surface area contributed by atoms with Crippen LogP contribution >= 0.6 is 23.4 Å². The molecule has 1 aliphatic rings. The first-order valence-electron chi connectivity index (χ1n) is 5.10. The van der Waals surface area contributed by atoms with Gasteiger partial charge in [0.2, 0.25) is 0 Å². The monoisotopic (exact) mass is 256 g/mol. The van der Waals surface area contributed by atoms with Crippen molar-refractivity contribution in [1.29, 1.82) is 0 Å². The number of thioether (sulfide) groups is 1. The van der Waals surface area contributed by atoms with Crippen molar-refractivity contribution < 1.29 is 5.11 Å². The van der Waals surface area contributed by atoms with E-state index in [1.807, 2.05) is 11.8 Å². The van der Waals surface area contributed by atoms with E-state index in [-0.39, 0.29) is 5.88 Å². The van der Waals surface area contributed by atoms with Crippen LogP contribution < -0.4 is 5.32 Å². The highest BCUT2D eigenvalue weighted by molar-refractivity contribution is 8.00. The molecule has 0 saturated carbocycles. The van der Waals surface area contributed by atoms with E-state index in [9.17, 15) is 5.11 Å². The maximum Gasteiger partial charge on any atom is 0.190 e. The number of hydrogen-bond acceptors (Lipinski definition) is 4. The first-order valence-corrected chi connectivity index (χ1v) is 6.52. The van der Waals surface area contributed by atoms with E-state index >= 15 is 0 Å². The molecule has 2 rings (SSSR count). The second-order valence-electron chi connectivity index (χ2n) is 3.61. The van der Waals surface area contributed by atoms with Gasteiger partial charge in [-0.2, -0.15) is 11.8 Å². The molecule has 3 nitrogen and oxygen atoms in total. The minimum absolute atomic E-state index is 0.215. The normalized spacial score (nSPS) is 23.2. The zero-order valence-electron chi connectivity index (χ0n) is 8.90. The lowest BCUT2D eigenvalue weighted by atomic mass is 10.1. The number of anilines is 1. The molecule has 0 aliphatic carbocycles. The number of pyridine rings is 1. The molecule has 2 N–H and O–H groups in total. The Morgan fingerprint density at radius 1 is 1.62 bits per heavy atom. The lowest BCUT2D eigenvalue weighted by molar-refractivity contribution is 0.409. The number of nitrogens with zero attached hydrogens (tertiary/aromatic N) is 1. The van der Waals surface area contributed by atoms with E-state index in [4.69, 9.17) is 11.6 Å². The molecule has 1 aromatic heterocycles. The molecule has 5 heteroatoms. The van der Waals surface area contributed by atoms with Crippen molar-refractivity contribution in [3.63, 3.8) is 0 Å². The van der Waals surface area contributed by atoms with Crippen LogP contribution in [0.4, 0.5) is 5.82 Å². The van der Waals surface area contributed by atoms with Gasteiger partial charge in [-0.3, -0.25) is 0 Å². The van der Waals surface area contributed by atoms with E-state index < -0.39 is 0 Å². The van der Waals surface area contributed by atoms with Gasteiger partial charge in [0.15, 0.2) is 5.88 Å². The van der Waals surface area contributed by atoms with Gasteiger partial charge in [-0.05, 0) is 31.2 Å². The first-order chi connectivity index (χ1) is 7.66. The lowest BCUT2D eigenvalue weighted by Gasteiger charge is -2.10. The van der Waals surface area contributed by atoms with Gasteiger partial charge in [-0.15, -0.1) is 0 Å². The van der Waals surface area contributed by atoms with Gasteiger partial charge in [0.05, 0.1) is 0 Å². The van der Waals surface area contributed by atoms with Crippen molar-refractivity contribution in [2.45, 2.75) is 18.6 Å². The topological polar surface area (TPSA) is 45.1 Å². The van der Waals surface area contributed by atoms with Gasteiger partial charge >= 0.3 is 0 Å². The molecule has 0 bridgehead atoms. The number of rotatable bonds is 2. The summed E-state index contributed by atoms with van der Waals surface area (Å²) in [7, 11) is 0. The predicted molar refractivity (Wildman–Crippen MR) is 69.1 cm³/mol. The SMILES string of the molecule is CC1SCC/C1=C(\O)Nc1cccc(Cl)n1. The van der Waals surface area contributed by atoms with Gasteiger partial charge in [0.25, 0.3) is 0 Å². The molecule has 1 aromatic rings. The largest absolute Gasteiger partial charge is 0.495 e. The quantitative estimate of drug-likeness (QED) is 0.629. The maximum absolute atomic E-state index is 9.94. The molecule has 0 amide bonds. The van der Waals surface area contributed by atoms with Crippen LogP contribution in [0.15, 0.2) is 29.7 Å². The summed E-state index contributed by atoms with van der Waals surface area (Å²) in [6, 6.07) is 5.27. The van der Waals surface area contributed by atoms with Crippen LogP contribution in [-0.2, 0) is 0 Å². The van der Waals surface area contributed by atoms with E-state index in [0.29, 0.717) is 16.2 Å². The van der Waals surface area contributed by atoms with Crippen LogP contribution in [0, 0.1) is 0 Å². The molecular weight excluding hydrogens is 244 g/mol. The molecule has 0 spiro atoms. The Labute approximate surface area is 104 Å². The van der Waals surface area contributed by atoms with Crippen molar-refractivity contribution in [2.24, 2.45) is 0 Å². The molecule has 1 atom stereocenters. The maximum atomic E-state index is 9.94. The number of aliphatic hydroxyl groups excluding tert-OH is 1. The molecule has 16 heavy (non-hydrogen) atoms. The molecule has 1 fully saturated rings. The fraction of sp³-hybridized carbons (Fsp3) is 0.364. The molecule has 86 valence electrons. The Balaban J connectivity index is 2.15. The summed E-state index contributed by atoms with van der Waals surface area (Å²) in [6.07, 6.45) is 0.922. The van der Waals surface area contributed by atoms with Gasteiger partial charge in [0.1, 0.15) is 11.0 Å². The average molecular weight is 257 g/mol. The third-order valence-corrected chi connectivity index (χ3v) is 3.93. The Morgan fingerprint density at radius 3 is 3.06 bits per heavy atom. The molecule has 1 unspecified atom stereocenters. The van der Waals surface area contributed by atoms with Gasteiger partial charge in [0, 0.05) is 10.8 Å². The summed E-state index contributed by atoms with van der Waals surface area (Å²) >= 11 is 7.61. The first kappa shape index (κ1) is 11.6. The van der Waals surface area contributed by atoms with Crippen molar-refractivity contribution in [2.75, 3.05) is 11.1 Å². The number of nitrogens with one attached hydrogen (secondary N) is 1. The number of aromatic nitrogens is 1. The number of halogens is 1. The third kappa shape index (κ3) is 2.62. The van der Waals surface area contributed by atoms with Gasteiger partial charge in [-0.25, -0.2) is 4.98 Å². The molecule has 1 saturated heterocycles. The number of aliphatic hydroxyl groups is 1.